The molecule has 3 N–H and O–H groups in total. The number of likely N-dealkylation sites (tertiary alicyclic amines) is 1. The summed E-state index contributed by atoms with van der Waals surface area (Å²) < 4.78 is 10.8. The second-order valence-electron chi connectivity index (χ2n) is 10.5. The predicted molar refractivity (Wildman–Crippen MR) is 148 cm³/mol. The van der Waals surface area contributed by atoms with E-state index < -0.39 is 6.04 Å². The molecule has 4 rings (SSSR count). The molecule has 2 aromatic carbocycles. The summed E-state index contributed by atoms with van der Waals surface area (Å²) >= 11 is 0. The average Bonchev–Trinajstić information content (AvgIpc) is 2.96. The smallest absolute Gasteiger partial charge is 0.254 e. The van der Waals surface area contributed by atoms with Crippen molar-refractivity contribution in [2.75, 3.05) is 33.9 Å². The zero-order valence-corrected chi connectivity index (χ0v) is 22.7. The minimum Gasteiger partial charge on any atom is -0.497 e. The Morgan fingerprint density at radius 3 is 2.50 bits per heavy atom. The van der Waals surface area contributed by atoms with Gasteiger partial charge in [0.25, 0.3) is 5.91 Å². The number of nitrogens with two attached hydrogens (primary N) is 1. The van der Waals surface area contributed by atoms with Gasteiger partial charge in [-0.3, -0.25) is 14.5 Å². The van der Waals surface area contributed by atoms with Crippen molar-refractivity contribution in [1.82, 2.24) is 15.1 Å². The first-order valence-electron chi connectivity index (χ1n) is 13.8. The van der Waals surface area contributed by atoms with Gasteiger partial charge in [-0.25, -0.2) is 0 Å². The monoisotopic (exact) mass is 522 g/mol. The van der Waals surface area contributed by atoms with Crippen LogP contribution >= 0.6 is 0 Å². The van der Waals surface area contributed by atoms with E-state index in [1.165, 1.54) is 5.56 Å². The molecule has 1 heterocycles. The largest absolute Gasteiger partial charge is 0.497 e. The Kier molecular flexibility index (Phi) is 10.1. The van der Waals surface area contributed by atoms with Gasteiger partial charge in [-0.15, -0.1) is 0 Å². The number of nitrogens with one attached hydrogen (secondary N) is 1. The van der Waals surface area contributed by atoms with Gasteiger partial charge in [-0.1, -0.05) is 36.4 Å². The third-order valence-corrected chi connectivity index (χ3v) is 7.90. The van der Waals surface area contributed by atoms with Crippen LogP contribution in [0.25, 0.3) is 0 Å². The van der Waals surface area contributed by atoms with Crippen LogP contribution in [0.1, 0.15) is 54.4 Å². The molecule has 1 unspecified atom stereocenters. The molecule has 1 saturated carbocycles. The molecule has 2 atom stereocenters. The number of nitrogens with zero attached hydrogens (tertiary/aromatic N) is 2. The molecule has 2 fully saturated rings. The van der Waals surface area contributed by atoms with Crippen LogP contribution in [0.3, 0.4) is 0 Å². The van der Waals surface area contributed by atoms with Gasteiger partial charge in [-0.2, -0.15) is 0 Å². The zero-order chi connectivity index (χ0) is 26.9. The van der Waals surface area contributed by atoms with E-state index in [4.69, 9.17) is 15.2 Å². The summed E-state index contributed by atoms with van der Waals surface area (Å²) in [6.45, 7) is 2.64. The van der Waals surface area contributed by atoms with Gasteiger partial charge in [0.05, 0.1) is 13.7 Å². The van der Waals surface area contributed by atoms with Gasteiger partial charge in [0.15, 0.2) is 0 Å². The molecule has 2 amide bonds. The fraction of sp³-hybridized carbons (Fsp3) is 0.533. The molecule has 1 aliphatic carbocycles. The lowest BCUT2D eigenvalue weighted by Gasteiger charge is -2.43. The standard InChI is InChI=1S/C30H42N4O4/c1-37-18-17-33(21-22-7-4-3-5-8-22)26-15-16-34(30(36)23-9-6-10-27(19-23)38-2)28(20-26)29(35)32-25-13-11-24(31)12-14-25/h3-10,19,24-26,28H,11-18,20-21,31H2,1-2H3,(H,32,35)/t24?,25?,26?,28-/m1/s1. The first-order chi connectivity index (χ1) is 18.5. The van der Waals surface area contributed by atoms with E-state index in [1.807, 2.05) is 30.3 Å². The SMILES string of the molecule is COCCN(Cc1ccccc1)C1CCN(C(=O)c2cccc(OC)c2)[C@@H](C(=O)NC2CCC(N)CC2)C1. The number of amides is 2. The van der Waals surface area contributed by atoms with E-state index in [1.54, 1.807) is 31.3 Å². The van der Waals surface area contributed by atoms with Crippen LogP contribution in [-0.4, -0.2) is 79.7 Å². The second-order valence-corrected chi connectivity index (χ2v) is 10.5. The molecule has 38 heavy (non-hydrogen) atoms. The number of rotatable bonds is 10. The number of ether oxygens (including phenoxy) is 2. The molecule has 2 aromatic rings. The highest BCUT2D eigenvalue weighted by atomic mass is 16.5. The Balaban J connectivity index is 1.55. The lowest BCUT2D eigenvalue weighted by atomic mass is 9.90. The van der Waals surface area contributed by atoms with E-state index in [9.17, 15) is 9.59 Å². The summed E-state index contributed by atoms with van der Waals surface area (Å²) in [6.07, 6.45) is 4.93. The molecule has 0 bridgehead atoms. The van der Waals surface area contributed by atoms with Crippen molar-refractivity contribution in [3.05, 3.63) is 65.7 Å². The molecule has 206 valence electrons. The summed E-state index contributed by atoms with van der Waals surface area (Å²) in [7, 11) is 3.30. The predicted octanol–water partition coefficient (Wildman–Crippen LogP) is 3.20. The minimum atomic E-state index is -0.552. The Morgan fingerprint density at radius 1 is 1.03 bits per heavy atom. The van der Waals surface area contributed by atoms with Crippen molar-refractivity contribution in [2.24, 2.45) is 5.73 Å². The molecular formula is C30H42N4O4. The van der Waals surface area contributed by atoms with Gasteiger partial charge in [0.2, 0.25) is 5.91 Å². The second kappa shape index (κ2) is 13.7. The van der Waals surface area contributed by atoms with Gasteiger partial charge in [-0.05, 0) is 62.3 Å². The quantitative estimate of drug-likeness (QED) is 0.498. The molecule has 8 nitrogen and oxygen atoms in total. The maximum absolute atomic E-state index is 13.8. The van der Waals surface area contributed by atoms with Crippen molar-refractivity contribution >= 4 is 11.8 Å². The summed E-state index contributed by atoms with van der Waals surface area (Å²) in [5.74, 6) is 0.413. The first kappa shape index (κ1) is 28.1. The van der Waals surface area contributed by atoms with Crippen molar-refractivity contribution in [2.45, 2.75) is 69.2 Å². The zero-order valence-electron chi connectivity index (χ0n) is 22.7. The summed E-state index contributed by atoms with van der Waals surface area (Å²) in [5.41, 5.74) is 7.84. The first-order valence-corrected chi connectivity index (χ1v) is 13.8. The lowest BCUT2D eigenvalue weighted by molar-refractivity contribution is -0.128. The Labute approximate surface area is 226 Å². The van der Waals surface area contributed by atoms with Crippen LogP contribution in [0.4, 0.5) is 0 Å². The summed E-state index contributed by atoms with van der Waals surface area (Å²) in [4.78, 5) is 31.6. The maximum Gasteiger partial charge on any atom is 0.254 e. The number of benzene rings is 2. The number of carbonyl (C=O) groups excluding carboxylic acids is 2. The number of methoxy groups -OCH3 is 2. The van der Waals surface area contributed by atoms with Crippen molar-refractivity contribution in [1.29, 1.82) is 0 Å². The van der Waals surface area contributed by atoms with Crippen molar-refractivity contribution in [3.8, 4) is 5.75 Å². The van der Waals surface area contributed by atoms with Crippen LogP contribution in [0, 0.1) is 0 Å². The minimum absolute atomic E-state index is 0.0715. The molecule has 0 aromatic heterocycles. The van der Waals surface area contributed by atoms with Crippen molar-refractivity contribution in [3.63, 3.8) is 0 Å². The fourth-order valence-electron chi connectivity index (χ4n) is 5.67. The lowest BCUT2D eigenvalue weighted by Crippen LogP contribution is -2.58. The van der Waals surface area contributed by atoms with Gasteiger partial charge >= 0.3 is 0 Å². The van der Waals surface area contributed by atoms with E-state index in [0.717, 1.165) is 45.2 Å². The third kappa shape index (κ3) is 7.34. The fourth-order valence-corrected chi connectivity index (χ4v) is 5.67. The molecular weight excluding hydrogens is 480 g/mol. The van der Waals surface area contributed by atoms with Crippen LogP contribution in [0.15, 0.2) is 54.6 Å². The normalized spacial score (nSPS) is 23.7. The van der Waals surface area contributed by atoms with E-state index in [-0.39, 0.29) is 29.9 Å². The number of hydrogen-bond donors (Lipinski definition) is 2. The van der Waals surface area contributed by atoms with Crippen LogP contribution < -0.4 is 15.8 Å². The Bertz CT molecular complexity index is 1040. The molecule has 0 radical (unpaired) electrons. The van der Waals surface area contributed by atoms with E-state index in [2.05, 4.69) is 22.3 Å². The molecule has 1 saturated heterocycles. The average molecular weight is 523 g/mol. The van der Waals surface area contributed by atoms with E-state index >= 15 is 0 Å². The third-order valence-electron chi connectivity index (χ3n) is 7.90. The number of hydrogen-bond acceptors (Lipinski definition) is 6. The maximum atomic E-state index is 13.8. The summed E-state index contributed by atoms with van der Waals surface area (Å²) in [6, 6.07) is 17.4. The molecule has 2 aliphatic rings. The number of carbonyl (C=O) groups is 2. The molecule has 8 heteroatoms. The van der Waals surface area contributed by atoms with Crippen LogP contribution in [0.5, 0.6) is 5.75 Å². The highest BCUT2D eigenvalue weighted by Crippen LogP contribution is 2.27. The van der Waals surface area contributed by atoms with Crippen molar-refractivity contribution < 1.29 is 19.1 Å². The Morgan fingerprint density at radius 2 is 1.79 bits per heavy atom. The van der Waals surface area contributed by atoms with Gasteiger partial charge in [0.1, 0.15) is 11.8 Å². The summed E-state index contributed by atoms with van der Waals surface area (Å²) in [5, 5.41) is 3.26. The van der Waals surface area contributed by atoms with Gasteiger partial charge < -0.3 is 25.4 Å². The topological polar surface area (TPSA) is 97.1 Å². The Hall–Kier alpha value is -2.94. The van der Waals surface area contributed by atoms with E-state index in [0.29, 0.717) is 30.9 Å². The molecule has 1 aliphatic heterocycles. The highest BCUT2D eigenvalue weighted by molar-refractivity contribution is 5.98. The highest BCUT2D eigenvalue weighted by Gasteiger charge is 2.39. The van der Waals surface area contributed by atoms with Crippen LogP contribution in [0.2, 0.25) is 0 Å². The van der Waals surface area contributed by atoms with Gasteiger partial charge in [0, 0.05) is 50.4 Å². The number of piperidine rings is 1. The molecule has 0 spiro atoms. The van der Waals surface area contributed by atoms with Crippen LogP contribution in [-0.2, 0) is 16.1 Å².